The Balaban J connectivity index is 2.02. The largest absolute Gasteiger partial charge is 0.481 e. The van der Waals surface area contributed by atoms with Crippen LogP contribution in [-0.2, 0) is 14.3 Å². The van der Waals surface area contributed by atoms with Crippen molar-refractivity contribution in [1.29, 1.82) is 0 Å². The number of amides is 1. The predicted octanol–water partition coefficient (Wildman–Crippen LogP) is 2.05. The normalized spacial score (nSPS) is 26.9. The fourth-order valence-electron chi connectivity index (χ4n) is 3.32. The highest BCUT2D eigenvalue weighted by atomic mass is 16.5. The van der Waals surface area contributed by atoms with Gasteiger partial charge in [0.05, 0.1) is 11.5 Å². The summed E-state index contributed by atoms with van der Waals surface area (Å²) in [6.07, 6.45) is 5.19. The van der Waals surface area contributed by atoms with Gasteiger partial charge in [-0.25, -0.2) is 0 Å². The molecule has 1 saturated heterocycles. The Morgan fingerprint density at radius 2 is 1.95 bits per heavy atom. The molecule has 5 heteroatoms. The van der Waals surface area contributed by atoms with Crippen LogP contribution in [0.1, 0.15) is 51.9 Å². The number of ether oxygens (including phenoxy) is 1. The number of rotatable bonds is 3. The van der Waals surface area contributed by atoms with Gasteiger partial charge in [-0.1, -0.05) is 19.3 Å². The SMILES string of the molecule is CC1CN(C(=O)CC2(C(=O)O)CCCCC2)CCCO1. The third-order valence-electron chi connectivity index (χ3n) is 4.56. The molecule has 1 aliphatic carbocycles. The Hall–Kier alpha value is -1.10. The van der Waals surface area contributed by atoms with Gasteiger partial charge in [-0.3, -0.25) is 9.59 Å². The molecule has 2 aliphatic rings. The molecule has 1 unspecified atom stereocenters. The molecular formula is C15H25NO4. The van der Waals surface area contributed by atoms with Gasteiger partial charge in [0.1, 0.15) is 0 Å². The Morgan fingerprint density at radius 1 is 1.25 bits per heavy atom. The first kappa shape index (κ1) is 15.3. The van der Waals surface area contributed by atoms with Gasteiger partial charge in [0.25, 0.3) is 0 Å². The Bertz CT molecular complexity index is 363. The molecule has 1 N–H and O–H groups in total. The van der Waals surface area contributed by atoms with Crippen molar-refractivity contribution >= 4 is 11.9 Å². The predicted molar refractivity (Wildman–Crippen MR) is 74.4 cm³/mol. The minimum Gasteiger partial charge on any atom is -0.481 e. The second-order valence-electron chi connectivity index (χ2n) is 6.20. The highest BCUT2D eigenvalue weighted by Crippen LogP contribution is 2.40. The molecule has 0 radical (unpaired) electrons. The van der Waals surface area contributed by atoms with E-state index in [0.717, 1.165) is 25.7 Å². The molecule has 0 bridgehead atoms. The van der Waals surface area contributed by atoms with E-state index in [2.05, 4.69) is 0 Å². The Morgan fingerprint density at radius 3 is 2.60 bits per heavy atom. The maximum atomic E-state index is 12.5. The first-order chi connectivity index (χ1) is 9.53. The Kier molecular flexibility index (Phi) is 5.02. The van der Waals surface area contributed by atoms with E-state index < -0.39 is 11.4 Å². The molecule has 20 heavy (non-hydrogen) atoms. The number of carbonyl (C=O) groups is 2. The molecule has 1 atom stereocenters. The topological polar surface area (TPSA) is 66.8 Å². The standard InChI is InChI=1S/C15H25NO4/c1-12-11-16(8-5-9-20-12)13(17)10-15(14(18)19)6-3-2-4-7-15/h12H,2-11H2,1H3,(H,18,19). The first-order valence-electron chi connectivity index (χ1n) is 7.66. The van der Waals surface area contributed by atoms with Crippen LogP contribution in [0.4, 0.5) is 0 Å². The number of aliphatic carboxylic acids is 1. The summed E-state index contributed by atoms with van der Waals surface area (Å²) in [5.41, 5.74) is -0.828. The fraction of sp³-hybridized carbons (Fsp3) is 0.867. The zero-order chi connectivity index (χ0) is 14.6. The van der Waals surface area contributed by atoms with Crippen LogP contribution in [0, 0.1) is 5.41 Å². The third-order valence-corrected chi connectivity index (χ3v) is 4.56. The van der Waals surface area contributed by atoms with Crippen LogP contribution < -0.4 is 0 Å². The van der Waals surface area contributed by atoms with Gasteiger partial charge in [0, 0.05) is 26.1 Å². The van der Waals surface area contributed by atoms with Crippen molar-refractivity contribution < 1.29 is 19.4 Å². The summed E-state index contributed by atoms with van der Waals surface area (Å²) in [7, 11) is 0. The van der Waals surface area contributed by atoms with E-state index >= 15 is 0 Å². The second kappa shape index (κ2) is 6.57. The van der Waals surface area contributed by atoms with Crippen LogP contribution in [0.2, 0.25) is 0 Å². The van der Waals surface area contributed by atoms with Gasteiger partial charge in [-0.2, -0.15) is 0 Å². The van der Waals surface area contributed by atoms with E-state index in [9.17, 15) is 14.7 Å². The van der Waals surface area contributed by atoms with E-state index in [1.165, 1.54) is 0 Å². The molecule has 1 heterocycles. The maximum absolute atomic E-state index is 12.5. The van der Waals surface area contributed by atoms with E-state index in [0.29, 0.717) is 32.5 Å². The lowest BCUT2D eigenvalue weighted by atomic mass is 9.71. The number of hydrogen-bond donors (Lipinski definition) is 1. The van der Waals surface area contributed by atoms with Crippen LogP contribution in [0.25, 0.3) is 0 Å². The van der Waals surface area contributed by atoms with E-state index in [1.807, 2.05) is 6.92 Å². The third kappa shape index (κ3) is 3.51. The van der Waals surface area contributed by atoms with Gasteiger partial charge < -0.3 is 14.7 Å². The summed E-state index contributed by atoms with van der Waals surface area (Å²) in [6.45, 7) is 3.89. The number of hydrogen-bond acceptors (Lipinski definition) is 3. The van der Waals surface area contributed by atoms with Crippen molar-refractivity contribution in [3.63, 3.8) is 0 Å². The summed E-state index contributed by atoms with van der Waals surface area (Å²) in [5.74, 6) is -0.823. The van der Waals surface area contributed by atoms with Crippen molar-refractivity contribution in [3.8, 4) is 0 Å². The highest BCUT2D eigenvalue weighted by molar-refractivity contribution is 5.85. The quantitative estimate of drug-likeness (QED) is 0.861. The minimum absolute atomic E-state index is 0.0216. The second-order valence-corrected chi connectivity index (χ2v) is 6.20. The number of nitrogens with zero attached hydrogens (tertiary/aromatic N) is 1. The number of carbonyl (C=O) groups excluding carboxylic acids is 1. The van der Waals surface area contributed by atoms with Crippen LogP contribution >= 0.6 is 0 Å². The van der Waals surface area contributed by atoms with Crippen LogP contribution in [0.15, 0.2) is 0 Å². The molecule has 0 aromatic carbocycles. The molecule has 114 valence electrons. The van der Waals surface area contributed by atoms with Crippen molar-refractivity contribution in [2.45, 2.75) is 58.0 Å². The summed E-state index contributed by atoms with van der Waals surface area (Å²) >= 11 is 0. The summed E-state index contributed by atoms with van der Waals surface area (Å²) < 4.78 is 5.54. The van der Waals surface area contributed by atoms with E-state index in [1.54, 1.807) is 4.90 Å². The maximum Gasteiger partial charge on any atom is 0.310 e. The zero-order valence-corrected chi connectivity index (χ0v) is 12.3. The molecule has 1 amide bonds. The molecule has 1 saturated carbocycles. The van der Waals surface area contributed by atoms with Gasteiger partial charge in [0.2, 0.25) is 5.91 Å². The highest BCUT2D eigenvalue weighted by Gasteiger charge is 2.42. The van der Waals surface area contributed by atoms with E-state index in [-0.39, 0.29) is 18.4 Å². The number of carboxylic acids is 1. The van der Waals surface area contributed by atoms with Crippen molar-refractivity contribution in [3.05, 3.63) is 0 Å². The monoisotopic (exact) mass is 283 g/mol. The summed E-state index contributed by atoms with van der Waals surface area (Å²) in [4.78, 5) is 25.9. The van der Waals surface area contributed by atoms with Crippen LogP contribution in [0.3, 0.4) is 0 Å². The lowest BCUT2D eigenvalue weighted by Gasteiger charge is -2.34. The van der Waals surface area contributed by atoms with Crippen molar-refractivity contribution in [2.75, 3.05) is 19.7 Å². The zero-order valence-electron chi connectivity index (χ0n) is 12.3. The van der Waals surface area contributed by atoms with Crippen molar-refractivity contribution in [2.24, 2.45) is 5.41 Å². The van der Waals surface area contributed by atoms with Crippen LogP contribution in [0.5, 0.6) is 0 Å². The molecule has 1 aliphatic heterocycles. The fourth-order valence-corrected chi connectivity index (χ4v) is 3.32. The lowest BCUT2D eigenvalue weighted by molar-refractivity contribution is -0.156. The molecule has 0 aromatic heterocycles. The van der Waals surface area contributed by atoms with Crippen molar-refractivity contribution in [1.82, 2.24) is 4.90 Å². The Labute approximate surface area is 120 Å². The van der Waals surface area contributed by atoms with Gasteiger partial charge in [-0.05, 0) is 26.2 Å². The first-order valence-corrected chi connectivity index (χ1v) is 7.66. The van der Waals surface area contributed by atoms with Gasteiger partial charge in [0.15, 0.2) is 0 Å². The molecular weight excluding hydrogens is 258 g/mol. The molecule has 0 spiro atoms. The minimum atomic E-state index is -0.828. The van der Waals surface area contributed by atoms with Crippen LogP contribution in [-0.4, -0.2) is 47.7 Å². The number of carboxylic acid groups (broad SMARTS) is 1. The van der Waals surface area contributed by atoms with Gasteiger partial charge in [-0.15, -0.1) is 0 Å². The molecule has 2 fully saturated rings. The molecule has 0 aromatic rings. The lowest BCUT2D eigenvalue weighted by Crippen LogP contribution is -2.42. The average Bonchev–Trinajstić information content (AvgIpc) is 2.64. The average molecular weight is 283 g/mol. The van der Waals surface area contributed by atoms with Gasteiger partial charge >= 0.3 is 5.97 Å². The molecule has 2 rings (SSSR count). The summed E-state index contributed by atoms with van der Waals surface area (Å²) in [6, 6.07) is 0. The molecule has 5 nitrogen and oxygen atoms in total. The van der Waals surface area contributed by atoms with E-state index in [4.69, 9.17) is 4.74 Å². The summed E-state index contributed by atoms with van der Waals surface area (Å²) in [5, 5.41) is 9.55. The smallest absolute Gasteiger partial charge is 0.310 e.